The van der Waals surface area contributed by atoms with Gasteiger partial charge in [-0.1, -0.05) is 78.9 Å². The monoisotopic (exact) mass is 922 g/mol. The Morgan fingerprint density at radius 3 is 1.50 bits per heavy atom. The number of carboxylic acids is 1. The van der Waals surface area contributed by atoms with Crippen LogP contribution < -0.4 is 20.4 Å². The van der Waals surface area contributed by atoms with Crippen LogP contribution in [0.4, 0.5) is 22.7 Å². The Balaban J connectivity index is 0.000000198. The van der Waals surface area contributed by atoms with Gasteiger partial charge in [-0.25, -0.2) is 9.59 Å². The van der Waals surface area contributed by atoms with Gasteiger partial charge in [0.25, 0.3) is 11.8 Å². The maximum absolute atomic E-state index is 13.5. The van der Waals surface area contributed by atoms with Gasteiger partial charge in [-0.3, -0.25) is 9.59 Å². The molecule has 0 spiro atoms. The van der Waals surface area contributed by atoms with Crippen LogP contribution in [0.5, 0.6) is 5.75 Å². The van der Waals surface area contributed by atoms with Crippen LogP contribution in [0, 0.1) is 6.92 Å². The van der Waals surface area contributed by atoms with Crippen molar-refractivity contribution in [2.45, 2.75) is 33.3 Å². The van der Waals surface area contributed by atoms with Gasteiger partial charge in [-0.05, 0) is 110 Å². The van der Waals surface area contributed by atoms with Crippen LogP contribution in [0.15, 0.2) is 133 Å². The number of rotatable bonds is 10. The molecule has 8 rings (SSSR count). The number of carbonyl (C=O) groups excluding carboxylic acids is 3. The molecular formula is C53H54N4O7S2. The summed E-state index contributed by atoms with van der Waals surface area (Å²) in [5.41, 5.74) is 7.37. The largest absolute Gasteiger partial charge is 0.507 e. The number of ether oxygens (including phenoxy) is 1. The number of phenolic OH excluding ortho intramolecular Hbond substituents is 1. The molecule has 0 aliphatic carbocycles. The van der Waals surface area contributed by atoms with E-state index >= 15 is 0 Å². The summed E-state index contributed by atoms with van der Waals surface area (Å²) in [5.74, 6) is 1.63. The SMILES string of the molecule is Cc1ccc(N2CCSCC2)cc1C(=O)Nc1cc(-c2ccccc2)ccc1C(=O)OC(C)(C)C.O=C(Nc1cc(-c2ccccc2)ccc1C(=O)O)c1cc(N2CCSCC2)ccc1O. The quantitative estimate of drug-likeness (QED) is 0.0973. The Morgan fingerprint density at radius 1 is 0.545 bits per heavy atom. The summed E-state index contributed by atoms with van der Waals surface area (Å²) < 4.78 is 5.62. The van der Waals surface area contributed by atoms with Gasteiger partial charge in [0.15, 0.2) is 0 Å². The highest BCUT2D eigenvalue weighted by molar-refractivity contribution is 7.99. The molecule has 11 nitrogen and oxygen atoms in total. The fourth-order valence-electron chi connectivity index (χ4n) is 7.59. The number of aryl methyl sites for hydroxylation is 1. The highest BCUT2D eigenvalue weighted by Gasteiger charge is 2.24. The number of nitrogens with zero attached hydrogens (tertiary/aromatic N) is 2. The molecule has 2 amide bonds. The first-order valence-electron chi connectivity index (χ1n) is 21.8. The van der Waals surface area contributed by atoms with E-state index in [-0.39, 0.29) is 28.5 Å². The van der Waals surface area contributed by atoms with E-state index in [0.29, 0.717) is 16.8 Å². The Hall–Kier alpha value is -6.70. The fraction of sp³-hybridized carbons (Fsp3) is 0.245. The molecule has 340 valence electrons. The Bertz CT molecular complexity index is 2700. The van der Waals surface area contributed by atoms with E-state index in [2.05, 4.69) is 26.5 Å². The first-order chi connectivity index (χ1) is 31.7. The molecule has 2 aliphatic rings. The van der Waals surface area contributed by atoms with E-state index in [1.165, 1.54) is 12.1 Å². The minimum Gasteiger partial charge on any atom is -0.507 e. The summed E-state index contributed by atoms with van der Waals surface area (Å²) in [4.78, 5) is 55.7. The number of phenols is 1. The molecule has 0 aromatic heterocycles. The topological polar surface area (TPSA) is 149 Å². The molecule has 2 heterocycles. The van der Waals surface area contributed by atoms with E-state index in [1.807, 2.05) is 136 Å². The summed E-state index contributed by atoms with van der Waals surface area (Å²) >= 11 is 3.84. The van der Waals surface area contributed by atoms with E-state index in [0.717, 1.165) is 88.4 Å². The molecule has 0 atom stereocenters. The van der Waals surface area contributed by atoms with Gasteiger partial charge in [-0.2, -0.15) is 23.5 Å². The number of aromatic hydroxyl groups is 1. The van der Waals surface area contributed by atoms with Crippen LogP contribution in [0.1, 0.15) is 67.8 Å². The Morgan fingerprint density at radius 2 is 1.00 bits per heavy atom. The van der Waals surface area contributed by atoms with Crippen LogP contribution >= 0.6 is 23.5 Å². The lowest BCUT2D eigenvalue weighted by atomic mass is 10.0. The van der Waals surface area contributed by atoms with Gasteiger partial charge >= 0.3 is 11.9 Å². The number of thioether (sulfide) groups is 2. The van der Waals surface area contributed by atoms with E-state index in [4.69, 9.17) is 4.74 Å². The van der Waals surface area contributed by atoms with Gasteiger partial charge < -0.3 is 35.4 Å². The molecule has 6 aromatic rings. The molecule has 2 fully saturated rings. The zero-order valence-corrected chi connectivity index (χ0v) is 39.1. The number of hydrogen-bond donors (Lipinski definition) is 4. The Kier molecular flexibility index (Phi) is 15.4. The van der Waals surface area contributed by atoms with Crippen molar-refractivity contribution in [1.29, 1.82) is 0 Å². The molecule has 66 heavy (non-hydrogen) atoms. The highest BCUT2D eigenvalue weighted by Crippen LogP contribution is 2.32. The van der Waals surface area contributed by atoms with E-state index < -0.39 is 23.4 Å². The number of benzene rings is 6. The lowest BCUT2D eigenvalue weighted by Gasteiger charge is -2.29. The van der Waals surface area contributed by atoms with Crippen LogP contribution in [0.2, 0.25) is 0 Å². The number of amides is 2. The number of esters is 1. The van der Waals surface area contributed by atoms with Crippen LogP contribution in [0.25, 0.3) is 22.3 Å². The number of carbonyl (C=O) groups is 4. The summed E-state index contributed by atoms with van der Waals surface area (Å²) in [7, 11) is 0. The lowest BCUT2D eigenvalue weighted by Crippen LogP contribution is -2.32. The first-order valence-corrected chi connectivity index (χ1v) is 24.1. The average Bonchev–Trinajstić information content (AvgIpc) is 3.32. The molecule has 6 aromatic carbocycles. The van der Waals surface area contributed by atoms with Gasteiger partial charge in [0.05, 0.1) is 28.1 Å². The number of aromatic carboxylic acids is 1. The fourth-order valence-corrected chi connectivity index (χ4v) is 9.40. The molecular weight excluding hydrogens is 869 g/mol. The highest BCUT2D eigenvalue weighted by atomic mass is 32.2. The zero-order chi connectivity index (χ0) is 46.8. The molecule has 0 bridgehead atoms. The second-order valence-electron chi connectivity index (χ2n) is 16.9. The lowest BCUT2D eigenvalue weighted by molar-refractivity contribution is 0.00704. The second-order valence-corrected chi connectivity index (χ2v) is 19.3. The van der Waals surface area contributed by atoms with Gasteiger partial charge in [0, 0.05) is 66.1 Å². The third kappa shape index (κ3) is 12.1. The van der Waals surface area contributed by atoms with E-state index in [9.17, 15) is 29.4 Å². The van der Waals surface area contributed by atoms with E-state index in [1.54, 1.807) is 30.3 Å². The summed E-state index contributed by atoms with van der Waals surface area (Å²) in [6.45, 7) is 11.1. The van der Waals surface area contributed by atoms with Crippen LogP contribution in [-0.2, 0) is 4.74 Å². The molecule has 4 N–H and O–H groups in total. The van der Waals surface area contributed by atoms with Crippen molar-refractivity contribution in [1.82, 2.24) is 0 Å². The van der Waals surface area contributed by atoms with Crippen LogP contribution in [0.3, 0.4) is 0 Å². The zero-order valence-electron chi connectivity index (χ0n) is 37.5. The van der Waals surface area contributed by atoms with Gasteiger partial charge in [-0.15, -0.1) is 0 Å². The molecule has 2 aliphatic heterocycles. The second kappa shape index (κ2) is 21.5. The van der Waals surface area contributed by atoms with Gasteiger partial charge in [0.2, 0.25) is 0 Å². The molecule has 13 heteroatoms. The number of anilines is 4. The smallest absolute Gasteiger partial charge is 0.340 e. The van der Waals surface area contributed by atoms with Crippen molar-refractivity contribution >= 4 is 70.0 Å². The van der Waals surface area contributed by atoms with Crippen molar-refractivity contribution in [2.24, 2.45) is 0 Å². The molecule has 0 radical (unpaired) electrons. The van der Waals surface area contributed by atoms with Crippen molar-refractivity contribution in [3.8, 4) is 28.0 Å². The van der Waals surface area contributed by atoms with Crippen LogP contribution in [-0.4, -0.2) is 88.8 Å². The number of nitrogens with one attached hydrogen (secondary N) is 2. The van der Waals surface area contributed by atoms with Crippen molar-refractivity contribution in [3.05, 3.63) is 161 Å². The minimum atomic E-state index is -1.14. The van der Waals surface area contributed by atoms with Crippen molar-refractivity contribution in [2.75, 3.05) is 69.6 Å². The predicted molar refractivity (Wildman–Crippen MR) is 270 cm³/mol. The standard InChI is InChI=1S/C29H32N2O3S.C24H22N2O4S/c1-20-10-12-23(31-14-16-35-17-15-31)19-25(20)27(32)30-26-18-22(21-8-6-5-7-9-21)11-13-24(26)28(33)34-29(2,3)4;27-22-9-7-18(26-10-12-31-13-11-26)15-20(22)23(28)25-21-14-17(6-8-19(21)24(29)30)16-4-2-1-3-5-16/h5-13,18-19H,14-17H2,1-4H3,(H,30,32);1-9,14-15,27H,10-13H2,(H,25,28)(H,29,30). The summed E-state index contributed by atoms with van der Waals surface area (Å²) in [5, 5.41) is 25.6. The number of carboxylic acid groups (broad SMARTS) is 1. The molecule has 2 saturated heterocycles. The third-order valence-corrected chi connectivity index (χ3v) is 12.9. The Labute approximate surface area is 394 Å². The molecule has 0 unspecified atom stereocenters. The van der Waals surface area contributed by atoms with Crippen molar-refractivity contribution in [3.63, 3.8) is 0 Å². The maximum Gasteiger partial charge on any atom is 0.340 e. The summed E-state index contributed by atoms with van der Waals surface area (Å²) in [6.07, 6.45) is 0. The number of hydrogen-bond acceptors (Lipinski definition) is 10. The van der Waals surface area contributed by atoms with Gasteiger partial charge in [0.1, 0.15) is 11.4 Å². The minimum absolute atomic E-state index is 0.0169. The normalized spacial score (nSPS) is 13.8. The molecule has 0 saturated carbocycles. The summed E-state index contributed by atoms with van der Waals surface area (Å²) in [6, 6.07) is 40.6. The average molecular weight is 923 g/mol. The first kappa shape index (κ1) is 47.3. The van der Waals surface area contributed by atoms with Crippen molar-refractivity contribution < 1.29 is 34.1 Å². The predicted octanol–water partition coefficient (Wildman–Crippen LogP) is 11.0. The third-order valence-electron chi connectivity index (χ3n) is 11.0. The maximum atomic E-state index is 13.5.